The van der Waals surface area contributed by atoms with Crippen LogP contribution in [0.25, 0.3) is 39.5 Å². The van der Waals surface area contributed by atoms with E-state index in [0.717, 1.165) is 65.4 Å². The first-order valence-electron chi connectivity index (χ1n) is 14.9. The van der Waals surface area contributed by atoms with Crippen molar-refractivity contribution in [1.29, 1.82) is 0 Å². The smallest absolute Gasteiger partial charge is 0.165 e. The number of anilines is 2. The lowest BCUT2D eigenvalue weighted by atomic mass is 9.73. The Balaban J connectivity index is 1.30. The molecule has 0 amide bonds. The molecule has 0 atom stereocenters. The minimum absolute atomic E-state index is 0.218. The highest BCUT2D eigenvalue weighted by Crippen LogP contribution is 2.39. The lowest BCUT2D eigenvalue weighted by Crippen LogP contribution is -2.43. The third kappa shape index (κ3) is 4.70. The highest BCUT2D eigenvalue weighted by atomic mass is 15.2. The van der Waals surface area contributed by atoms with Crippen molar-refractivity contribution in [1.82, 2.24) is 24.4 Å². The van der Waals surface area contributed by atoms with Crippen molar-refractivity contribution in [3.05, 3.63) is 84.6 Å². The van der Waals surface area contributed by atoms with Crippen molar-refractivity contribution >= 4 is 22.7 Å². The molecule has 3 aromatic heterocycles. The maximum absolute atomic E-state index is 6.63. The van der Waals surface area contributed by atoms with Crippen molar-refractivity contribution in [2.24, 2.45) is 5.73 Å². The highest BCUT2D eigenvalue weighted by Gasteiger charge is 2.34. The van der Waals surface area contributed by atoms with Gasteiger partial charge in [0.2, 0.25) is 0 Å². The van der Waals surface area contributed by atoms with Gasteiger partial charge in [0.1, 0.15) is 11.3 Å². The molecule has 214 valence electrons. The topological polar surface area (TPSA) is 102 Å². The number of nitrogen functional groups attached to an aromatic ring is 1. The average molecular weight is 559 g/mol. The van der Waals surface area contributed by atoms with Crippen LogP contribution in [0.15, 0.2) is 79.0 Å². The molecule has 0 unspecified atom stereocenters. The molecule has 1 saturated carbocycles. The third-order valence-corrected chi connectivity index (χ3v) is 9.23. The molecule has 0 radical (unpaired) electrons. The monoisotopic (exact) mass is 558 g/mol. The van der Waals surface area contributed by atoms with Gasteiger partial charge in [-0.15, -0.1) is 0 Å². The largest absolute Gasteiger partial charge is 0.383 e. The number of rotatable bonds is 6. The number of benzene rings is 2. The van der Waals surface area contributed by atoms with Crippen LogP contribution in [0.3, 0.4) is 0 Å². The van der Waals surface area contributed by atoms with Gasteiger partial charge in [-0.1, -0.05) is 24.3 Å². The molecule has 0 spiro atoms. The average Bonchev–Trinajstić information content (AvgIpc) is 3.39. The Labute approximate surface area is 247 Å². The molecular formula is C34H38N8. The number of nitrogens with zero attached hydrogens (tertiary/aromatic N) is 6. The van der Waals surface area contributed by atoms with Crippen LogP contribution >= 0.6 is 0 Å². The SMILES string of the molecule is CN(C)C1CCN(c2cccc(-c3ccc4nc(-c5cccnc5N)n(-c5ccc(C6(N)CCC6)cc5)c4n3)c2)CC1. The van der Waals surface area contributed by atoms with E-state index in [-0.39, 0.29) is 5.54 Å². The van der Waals surface area contributed by atoms with Gasteiger partial charge in [0, 0.05) is 47.8 Å². The molecule has 2 fully saturated rings. The van der Waals surface area contributed by atoms with Gasteiger partial charge >= 0.3 is 0 Å². The Kier molecular flexibility index (Phi) is 6.67. The molecule has 7 rings (SSSR count). The predicted molar refractivity (Wildman–Crippen MR) is 171 cm³/mol. The molecule has 1 saturated heterocycles. The number of hydrogen-bond acceptors (Lipinski definition) is 7. The summed E-state index contributed by atoms with van der Waals surface area (Å²) >= 11 is 0. The van der Waals surface area contributed by atoms with Crippen molar-refractivity contribution in [2.75, 3.05) is 37.8 Å². The summed E-state index contributed by atoms with van der Waals surface area (Å²) < 4.78 is 2.09. The molecule has 8 nitrogen and oxygen atoms in total. The third-order valence-electron chi connectivity index (χ3n) is 9.23. The number of aromatic nitrogens is 4. The molecule has 1 aliphatic carbocycles. The predicted octanol–water partition coefficient (Wildman–Crippen LogP) is 5.60. The molecule has 5 aromatic rings. The number of fused-ring (bicyclic) bond motifs is 1. The van der Waals surface area contributed by atoms with E-state index in [1.807, 2.05) is 12.1 Å². The van der Waals surface area contributed by atoms with Crippen LogP contribution in [0, 0.1) is 0 Å². The molecular weight excluding hydrogens is 520 g/mol. The van der Waals surface area contributed by atoms with E-state index in [0.29, 0.717) is 11.9 Å². The normalized spacial score (nSPS) is 17.1. The lowest BCUT2D eigenvalue weighted by Gasteiger charge is -2.38. The molecule has 8 heteroatoms. The van der Waals surface area contributed by atoms with Gasteiger partial charge in [0.05, 0.1) is 11.3 Å². The number of imidazole rings is 1. The van der Waals surface area contributed by atoms with Crippen LogP contribution in [0.5, 0.6) is 0 Å². The lowest BCUT2D eigenvalue weighted by molar-refractivity contribution is 0.249. The standard InChI is InChI=1S/C34H38N8/c1-40(2)25-15-20-41(21-16-25)27-7-3-6-23(22-27)29-13-14-30-33(38-29)42(32(39-30)28-8-4-19-37-31(28)35)26-11-9-24(10-12-26)34(36)17-5-18-34/h3-4,6-14,19,22,25H,5,15-18,20-21,36H2,1-2H3,(H2,35,37). The summed E-state index contributed by atoms with van der Waals surface area (Å²) in [4.78, 5) is 19.4. The summed E-state index contributed by atoms with van der Waals surface area (Å²) in [5.41, 5.74) is 20.5. The molecule has 4 N–H and O–H groups in total. The van der Waals surface area contributed by atoms with Gasteiger partial charge in [-0.3, -0.25) is 4.57 Å². The zero-order chi connectivity index (χ0) is 28.8. The van der Waals surface area contributed by atoms with E-state index in [1.54, 1.807) is 6.20 Å². The van der Waals surface area contributed by atoms with Gasteiger partial charge in [-0.25, -0.2) is 15.0 Å². The van der Waals surface area contributed by atoms with Gasteiger partial charge in [0.15, 0.2) is 11.5 Å². The second-order valence-corrected chi connectivity index (χ2v) is 12.0. The summed E-state index contributed by atoms with van der Waals surface area (Å²) in [5.74, 6) is 1.16. The first-order chi connectivity index (χ1) is 20.4. The van der Waals surface area contributed by atoms with E-state index in [4.69, 9.17) is 21.4 Å². The maximum atomic E-state index is 6.63. The highest BCUT2D eigenvalue weighted by molar-refractivity contribution is 5.84. The number of pyridine rings is 2. The Hall–Kier alpha value is -4.27. The number of hydrogen-bond donors (Lipinski definition) is 2. The van der Waals surface area contributed by atoms with E-state index in [2.05, 4.69) is 94.1 Å². The first kappa shape index (κ1) is 26.6. The second-order valence-electron chi connectivity index (χ2n) is 12.0. The summed E-state index contributed by atoms with van der Waals surface area (Å²) in [6, 6.07) is 25.9. The number of piperidine rings is 1. The fourth-order valence-electron chi connectivity index (χ4n) is 6.44. The molecule has 42 heavy (non-hydrogen) atoms. The minimum Gasteiger partial charge on any atom is -0.383 e. The molecule has 1 aliphatic heterocycles. The fraction of sp³-hybridized carbons (Fsp3) is 0.324. The molecule has 2 aromatic carbocycles. The van der Waals surface area contributed by atoms with Gasteiger partial charge in [0.25, 0.3) is 0 Å². The van der Waals surface area contributed by atoms with Gasteiger partial charge in [-0.2, -0.15) is 0 Å². The molecule has 2 aliphatic rings. The van der Waals surface area contributed by atoms with Crippen LogP contribution in [0.1, 0.15) is 37.7 Å². The van der Waals surface area contributed by atoms with E-state index >= 15 is 0 Å². The second kappa shape index (κ2) is 10.5. The van der Waals surface area contributed by atoms with Crippen molar-refractivity contribution in [3.8, 4) is 28.3 Å². The summed E-state index contributed by atoms with van der Waals surface area (Å²) in [5, 5.41) is 0. The van der Waals surface area contributed by atoms with E-state index < -0.39 is 0 Å². The van der Waals surface area contributed by atoms with Gasteiger partial charge < -0.3 is 21.3 Å². The van der Waals surface area contributed by atoms with E-state index in [9.17, 15) is 0 Å². The van der Waals surface area contributed by atoms with Crippen LogP contribution < -0.4 is 16.4 Å². The Morgan fingerprint density at radius 1 is 0.881 bits per heavy atom. The quantitative estimate of drug-likeness (QED) is 0.280. The van der Waals surface area contributed by atoms with Crippen LogP contribution in [0.4, 0.5) is 11.5 Å². The first-order valence-corrected chi connectivity index (χ1v) is 14.9. The maximum Gasteiger partial charge on any atom is 0.165 e. The van der Waals surface area contributed by atoms with Crippen molar-refractivity contribution in [2.45, 2.75) is 43.7 Å². The zero-order valence-corrected chi connectivity index (χ0v) is 24.4. The van der Waals surface area contributed by atoms with E-state index in [1.165, 1.54) is 30.5 Å². The Morgan fingerprint density at radius 2 is 1.67 bits per heavy atom. The zero-order valence-electron chi connectivity index (χ0n) is 24.4. The number of nitrogens with two attached hydrogens (primary N) is 2. The molecule has 4 heterocycles. The van der Waals surface area contributed by atoms with Crippen molar-refractivity contribution in [3.63, 3.8) is 0 Å². The van der Waals surface area contributed by atoms with Crippen LogP contribution in [-0.2, 0) is 5.54 Å². The minimum atomic E-state index is -0.218. The summed E-state index contributed by atoms with van der Waals surface area (Å²) in [7, 11) is 4.36. The van der Waals surface area contributed by atoms with Crippen molar-refractivity contribution < 1.29 is 0 Å². The Bertz CT molecular complexity index is 1730. The van der Waals surface area contributed by atoms with Crippen LogP contribution in [0.2, 0.25) is 0 Å². The Morgan fingerprint density at radius 3 is 2.36 bits per heavy atom. The summed E-state index contributed by atoms with van der Waals surface area (Å²) in [6.45, 7) is 2.11. The van der Waals surface area contributed by atoms with Gasteiger partial charge in [-0.05, 0) is 100 Å². The fourth-order valence-corrected chi connectivity index (χ4v) is 6.44. The van der Waals surface area contributed by atoms with Crippen LogP contribution in [-0.4, -0.2) is 57.6 Å². The molecule has 0 bridgehead atoms. The summed E-state index contributed by atoms with van der Waals surface area (Å²) in [6.07, 6.45) is 7.27.